The minimum Gasteiger partial charge on any atom is -0.370 e. The Balaban J connectivity index is 2.96. The summed E-state index contributed by atoms with van der Waals surface area (Å²) in [6.07, 6.45) is 5.81. The Morgan fingerprint density at radius 3 is 2.46 bits per heavy atom. The van der Waals surface area contributed by atoms with Crippen LogP contribution in [0.5, 0.6) is 0 Å². The quantitative estimate of drug-likeness (QED) is 0.269. The monoisotopic (exact) mass is 186 g/mol. The Morgan fingerprint density at radius 1 is 1.31 bits per heavy atom. The molecule has 1 atom stereocenters. The highest BCUT2D eigenvalue weighted by atomic mass is 15.0. The zero-order chi connectivity index (χ0) is 10.1. The van der Waals surface area contributed by atoms with Crippen molar-refractivity contribution in [1.29, 1.82) is 5.41 Å². The molecule has 0 saturated carbocycles. The molecular weight excluding hydrogens is 164 g/mol. The number of nitrogens with two attached hydrogens (primary N) is 2. The van der Waals surface area contributed by atoms with Crippen molar-refractivity contribution in [3.05, 3.63) is 0 Å². The topological polar surface area (TPSA) is 87.9 Å². The van der Waals surface area contributed by atoms with Crippen molar-refractivity contribution in [3.63, 3.8) is 0 Å². The second-order valence-electron chi connectivity index (χ2n) is 3.52. The molecule has 0 aromatic rings. The molecule has 0 radical (unpaired) electrons. The van der Waals surface area contributed by atoms with Crippen LogP contribution < -0.4 is 16.8 Å². The summed E-state index contributed by atoms with van der Waals surface area (Å²) in [6.45, 7) is 2.85. The van der Waals surface area contributed by atoms with Crippen LogP contribution in [0.3, 0.4) is 0 Å². The van der Waals surface area contributed by atoms with Gasteiger partial charge in [-0.05, 0) is 19.8 Å². The average molecular weight is 186 g/mol. The van der Waals surface area contributed by atoms with Crippen molar-refractivity contribution in [3.8, 4) is 0 Å². The summed E-state index contributed by atoms with van der Waals surface area (Å²) in [5.74, 6) is 0.0654. The van der Waals surface area contributed by atoms with E-state index < -0.39 is 0 Å². The average Bonchev–Trinajstić information content (AvgIpc) is 2.01. The highest BCUT2D eigenvalue weighted by molar-refractivity contribution is 5.74. The Labute approximate surface area is 80.6 Å². The predicted octanol–water partition coefficient (Wildman–Crippen LogP) is 0.767. The van der Waals surface area contributed by atoms with E-state index in [4.69, 9.17) is 16.9 Å². The Bertz CT molecular complexity index is 134. The smallest absolute Gasteiger partial charge is 0.185 e. The van der Waals surface area contributed by atoms with Crippen LogP contribution in [0.25, 0.3) is 0 Å². The zero-order valence-corrected chi connectivity index (χ0v) is 8.47. The van der Waals surface area contributed by atoms with Crippen LogP contribution in [-0.2, 0) is 0 Å². The molecular formula is C9H22N4. The SMILES string of the molecule is CC(N)CCCCCCNC(=N)N. The van der Waals surface area contributed by atoms with Gasteiger partial charge in [0.05, 0.1) is 0 Å². The lowest BCUT2D eigenvalue weighted by Gasteiger charge is -2.05. The maximum atomic E-state index is 6.92. The number of nitrogens with one attached hydrogen (secondary N) is 2. The van der Waals surface area contributed by atoms with Crippen molar-refractivity contribution in [2.75, 3.05) is 6.54 Å². The van der Waals surface area contributed by atoms with Gasteiger partial charge in [-0.1, -0.05) is 19.3 Å². The van der Waals surface area contributed by atoms with Crippen LogP contribution in [0.1, 0.15) is 39.0 Å². The van der Waals surface area contributed by atoms with E-state index in [9.17, 15) is 0 Å². The standard InChI is InChI=1S/C9H22N4/c1-8(10)6-4-2-3-5-7-13-9(11)12/h8H,2-7,10H2,1H3,(H4,11,12,13). The van der Waals surface area contributed by atoms with Crippen LogP contribution >= 0.6 is 0 Å². The Kier molecular flexibility index (Phi) is 7.39. The van der Waals surface area contributed by atoms with Gasteiger partial charge in [-0.15, -0.1) is 0 Å². The molecule has 0 aliphatic carbocycles. The normalized spacial score (nSPS) is 12.5. The minimum absolute atomic E-state index is 0.0654. The van der Waals surface area contributed by atoms with E-state index in [2.05, 4.69) is 5.32 Å². The fourth-order valence-corrected chi connectivity index (χ4v) is 1.17. The highest BCUT2D eigenvalue weighted by Gasteiger charge is 1.94. The highest BCUT2D eigenvalue weighted by Crippen LogP contribution is 2.03. The first-order valence-corrected chi connectivity index (χ1v) is 4.96. The lowest BCUT2D eigenvalue weighted by atomic mass is 10.1. The van der Waals surface area contributed by atoms with Crippen LogP contribution in [0.4, 0.5) is 0 Å². The van der Waals surface area contributed by atoms with E-state index in [1.54, 1.807) is 0 Å². The number of guanidine groups is 1. The molecule has 4 nitrogen and oxygen atoms in total. The minimum atomic E-state index is 0.0654. The van der Waals surface area contributed by atoms with Crippen LogP contribution in [0.15, 0.2) is 0 Å². The molecule has 0 fully saturated rings. The lowest BCUT2D eigenvalue weighted by Crippen LogP contribution is -2.30. The van der Waals surface area contributed by atoms with Gasteiger partial charge in [0.1, 0.15) is 0 Å². The Hall–Kier alpha value is -0.770. The van der Waals surface area contributed by atoms with Gasteiger partial charge in [0.15, 0.2) is 5.96 Å². The predicted molar refractivity (Wildman–Crippen MR) is 56.7 cm³/mol. The molecule has 4 heteroatoms. The van der Waals surface area contributed by atoms with E-state index in [1.807, 2.05) is 6.92 Å². The first kappa shape index (κ1) is 12.2. The summed E-state index contributed by atoms with van der Waals surface area (Å²) >= 11 is 0. The van der Waals surface area contributed by atoms with E-state index in [1.165, 1.54) is 19.3 Å². The fourth-order valence-electron chi connectivity index (χ4n) is 1.17. The lowest BCUT2D eigenvalue weighted by molar-refractivity contribution is 0.563. The second kappa shape index (κ2) is 7.86. The number of unbranched alkanes of at least 4 members (excludes halogenated alkanes) is 3. The number of hydrogen-bond donors (Lipinski definition) is 4. The van der Waals surface area contributed by atoms with Crippen molar-refractivity contribution in [2.45, 2.75) is 45.1 Å². The maximum Gasteiger partial charge on any atom is 0.185 e. The van der Waals surface area contributed by atoms with Crippen LogP contribution in [0.2, 0.25) is 0 Å². The van der Waals surface area contributed by atoms with E-state index in [-0.39, 0.29) is 5.96 Å². The van der Waals surface area contributed by atoms with Crippen molar-refractivity contribution in [1.82, 2.24) is 5.32 Å². The van der Waals surface area contributed by atoms with Gasteiger partial charge in [0.2, 0.25) is 0 Å². The number of rotatable bonds is 7. The number of hydrogen-bond acceptors (Lipinski definition) is 2. The molecule has 0 aromatic carbocycles. The molecule has 0 rings (SSSR count). The van der Waals surface area contributed by atoms with Crippen molar-refractivity contribution < 1.29 is 0 Å². The third-order valence-electron chi connectivity index (χ3n) is 1.90. The molecule has 0 aliphatic heterocycles. The molecule has 0 saturated heterocycles. The van der Waals surface area contributed by atoms with E-state index >= 15 is 0 Å². The fraction of sp³-hybridized carbons (Fsp3) is 0.889. The van der Waals surface area contributed by atoms with Gasteiger partial charge in [-0.25, -0.2) is 0 Å². The van der Waals surface area contributed by atoms with E-state index in [0.717, 1.165) is 19.4 Å². The Morgan fingerprint density at radius 2 is 1.92 bits per heavy atom. The molecule has 13 heavy (non-hydrogen) atoms. The van der Waals surface area contributed by atoms with Crippen molar-refractivity contribution >= 4 is 5.96 Å². The molecule has 1 unspecified atom stereocenters. The summed E-state index contributed by atoms with van der Waals surface area (Å²) < 4.78 is 0. The van der Waals surface area contributed by atoms with Gasteiger partial charge in [-0.2, -0.15) is 0 Å². The van der Waals surface area contributed by atoms with Gasteiger partial charge in [0.25, 0.3) is 0 Å². The third kappa shape index (κ3) is 11.2. The van der Waals surface area contributed by atoms with Gasteiger partial charge in [0, 0.05) is 12.6 Å². The van der Waals surface area contributed by atoms with Crippen LogP contribution in [-0.4, -0.2) is 18.5 Å². The summed E-state index contributed by atoms with van der Waals surface area (Å²) in [5, 5.41) is 9.70. The van der Waals surface area contributed by atoms with E-state index in [0.29, 0.717) is 6.04 Å². The summed E-state index contributed by atoms with van der Waals surface area (Å²) in [4.78, 5) is 0. The first-order chi connectivity index (χ1) is 6.13. The summed E-state index contributed by atoms with van der Waals surface area (Å²) in [7, 11) is 0. The molecule has 0 bridgehead atoms. The molecule has 78 valence electrons. The largest absolute Gasteiger partial charge is 0.370 e. The third-order valence-corrected chi connectivity index (χ3v) is 1.90. The maximum absolute atomic E-state index is 6.92. The summed E-state index contributed by atoms with van der Waals surface area (Å²) in [5.41, 5.74) is 10.7. The van der Waals surface area contributed by atoms with Crippen LogP contribution in [0, 0.1) is 5.41 Å². The molecule has 0 aromatic heterocycles. The molecule has 0 aliphatic rings. The first-order valence-electron chi connectivity index (χ1n) is 4.96. The van der Waals surface area contributed by atoms with Crippen molar-refractivity contribution in [2.24, 2.45) is 11.5 Å². The van der Waals surface area contributed by atoms with Gasteiger partial charge in [-0.3, -0.25) is 5.41 Å². The summed E-state index contributed by atoms with van der Waals surface area (Å²) in [6, 6.07) is 0.329. The van der Waals surface area contributed by atoms with Gasteiger partial charge >= 0.3 is 0 Å². The molecule has 0 amide bonds. The second-order valence-corrected chi connectivity index (χ2v) is 3.52. The zero-order valence-electron chi connectivity index (χ0n) is 8.47. The molecule has 0 heterocycles. The molecule has 6 N–H and O–H groups in total. The van der Waals surface area contributed by atoms with Gasteiger partial charge < -0.3 is 16.8 Å². The molecule has 0 spiro atoms.